The van der Waals surface area contributed by atoms with Crippen LogP contribution in [-0.4, -0.2) is 41.8 Å². The molecule has 0 saturated carbocycles. The fraction of sp³-hybridized carbons (Fsp3) is 0.389. The Morgan fingerprint density at radius 3 is 2.64 bits per heavy atom. The first-order chi connectivity index (χ1) is 12.3. The molecule has 2 aromatic rings. The largest absolute Gasteiger partial charge is 0.365 e. The van der Waals surface area contributed by atoms with Crippen molar-refractivity contribution >= 4 is 17.5 Å². The van der Waals surface area contributed by atoms with Crippen molar-refractivity contribution in [3.8, 4) is 0 Å². The lowest BCUT2D eigenvalue weighted by Gasteiger charge is -2.17. The first kappa shape index (κ1) is 17.3. The first-order valence-electron chi connectivity index (χ1n) is 8.54. The van der Waals surface area contributed by atoms with Crippen LogP contribution in [0.3, 0.4) is 0 Å². The van der Waals surface area contributed by atoms with Crippen LogP contribution < -0.4 is 16.0 Å². The van der Waals surface area contributed by atoms with Gasteiger partial charge in [-0.15, -0.1) is 10.2 Å². The van der Waals surface area contributed by atoms with E-state index < -0.39 is 6.10 Å². The number of carbonyl (C=O) groups excluding carboxylic acids is 1. The fourth-order valence-electron chi connectivity index (χ4n) is 2.77. The predicted molar refractivity (Wildman–Crippen MR) is 96.4 cm³/mol. The number of aromatic nitrogens is 2. The average Bonchev–Trinajstić information content (AvgIpc) is 3.15. The Labute approximate surface area is 147 Å². The van der Waals surface area contributed by atoms with Gasteiger partial charge in [-0.3, -0.25) is 4.79 Å². The fourth-order valence-corrected chi connectivity index (χ4v) is 2.77. The van der Waals surface area contributed by atoms with Crippen LogP contribution in [0.2, 0.25) is 0 Å². The molecule has 1 fully saturated rings. The van der Waals surface area contributed by atoms with E-state index in [1.165, 1.54) is 0 Å². The number of amides is 1. The molecule has 1 aromatic heterocycles. The highest BCUT2D eigenvalue weighted by Gasteiger charge is 2.21. The van der Waals surface area contributed by atoms with Crippen molar-refractivity contribution in [2.24, 2.45) is 0 Å². The summed E-state index contributed by atoms with van der Waals surface area (Å²) >= 11 is 0. The van der Waals surface area contributed by atoms with E-state index in [1.54, 1.807) is 6.07 Å². The number of anilines is 2. The van der Waals surface area contributed by atoms with E-state index in [-0.39, 0.29) is 5.91 Å². The van der Waals surface area contributed by atoms with Crippen LogP contribution in [0.4, 0.5) is 11.6 Å². The minimum absolute atomic E-state index is 0.261. The van der Waals surface area contributed by atoms with E-state index in [1.807, 2.05) is 43.3 Å². The Bertz CT molecular complexity index is 672. The van der Waals surface area contributed by atoms with Gasteiger partial charge in [-0.05, 0) is 37.6 Å². The highest BCUT2D eigenvalue weighted by atomic mass is 16.5. The third kappa shape index (κ3) is 4.74. The topological polar surface area (TPSA) is 88.2 Å². The van der Waals surface area contributed by atoms with Gasteiger partial charge >= 0.3 is 0 Å². The Hall–Kier alpha value is -2.51. The molecule has 1 amide bonds. The number of hydrogen-bond donors (Lipinski definition) is 3. The smallest absolute Gasteiger partial charge is 0.259 e. The summed E-state index contributed by atoms with van der Waals surface area (Å²) in [5.41, 5.74) is 0.807. The molecule has 7 nitrogen and oxygen atoms in total. The molecule has 3 rings (SSSR count). The summed E-state index contributed by atoms with van der Waals surface area (Å²) in [5, 5.41) is 17.6. The Balaban J connectivity index is 1.62. The van der Waals surface area contributed by atoms with Gasteiger partial charge in [0, 0.05) is 19.2 Å². The number of benzene rings is 1. The van der Waals surface area contributed by atoms with Gasteiger partial charge in [-0.2, -0.15) is 0 Å². The maximum atomic E-state index is 12.5. The molecule has 1 saturated heterocycles. The average molecular weight is 341 g/mol. The summed E-state index contributed by atoms with van der Waals surface area (Å²) in [6.07, 6.45) is 0.392. The van der Waals surface area contributed by atoms with Gasteiger partial charge in [-0.1, -0.05) is 30.3 Å². The number of hydrogen-bond acceptors (Lipinski definition) is 6. The van der Waals surface area contributed by atoms with Crippen molar-refractivity contribution in [3.63, 3.8) is 0 Å². The van der Waals surface area contributed by atoms with E-state index in [0.717, 1.165) is 25.1 Å². The molecule has 1 aliphatic rings. The predicted octanol–water partition coefficient (Wildman–Crippen LogP) is 1.97. The Morgan fingerprint density at radius 1 is 1.24 bits per heavy atom. The second kappa shape index (κ2) is 8.55. The minimum Gasteiger partial charge on any atom is -0.365 e. The molecular formula is C18H23N5O2. The summed E-state index contributed by atoms with van der Waals surface area (Å²) in [7, 11) is 0. The zero-order valence-electron chi connectivity index (χ0n) is 14.2. The first-order valence-corrected chi connectivity index (χ1v) is 8.54. The summed E-state index contributed by atoms with van der Waals surface area (Å²) < 4.78 is 5.59. The third-order valence-corrected chi connectivity index (χ3v) is 4.00. The SMILES string of the molecule is CCO[C@@H](C(=O)Nc1ccc(N[C@@H]2CCNC2)nn1)c1ccccc1. The van der Waals surface area contributed by atoms with Gasteiger partial charge in [-0.25, -0.2) is 0 Å². The Morgan fingerprint density at radius 2 is 2.00 bits per heavy atom. The third-order valence-electron chi connectivity index (χ3n) is 4.00. The van der Waals surface area contributed by atoms with Crippen molar-refractivity contribution in [1.29, 1.82) is 0 Å². The molecule has 2 atom stereocenters. The van der Waals surface area contributed by atoms with Crippen LogP contribution in [0.25, 0.3) is 0 Å². The zero-order chi connectivity index (χ0) is 17.5. The van der Waals surface area contributed by atoms with Crippen LogP contribution in [-0.2, 0) is 9.53 Å². The molecule has 0 spiro atoms. The zero-order valence-corrected chi connectivity index (χ0v) is 14.2. The van der Waals surface area contributed by atoms with Gasteiger partial charge in [0.05, 0.1) is 0 Å². The molecular weight excluding hydrogens is 318 g/mol. The molecule has 3 N–H and O–H groups in total. The summed E-state index contributed by atoms with van der Waals surface area (Å²) in [6, 6.07) is 13.3. The van der Waals surface area contributed by atoms with Crippen molar-refractivity contribution in [1.82, 2.24) is 15.5 Å². The van der Waals surface area contributed by atoms with Crippen LogP contribution in [0.15, 0.2) is 42.5 Å². The van der Waals surface area contributed by atoms with Gasteiger partial charge in [0.15, 0.2) is 11.9 Å². The van der Waals surface area contributed by atoms with Crippen LogP contribution >= 0.6 is 0 Å². The number of nitrogens with zero attached hydrogens (tertiary/aromatic N) is 2. The van der Waals surface area contributed by atoms with E-state index in [4.69, 9.17) is 4.74 Å². The quantitative estimate of drug-likeness (QED) is 0.714. The molecule has 132 valence electrons. The minimum atomic E-state index is -0.671. The van der Waals surface area contributed by atoms with Gasteiger partial charge in [0.25, 0.3) is 5.91 Å². The second-order valence-corrected chi connectivity index (χ2v) is 5.87. The molecule has 0 bridgehead atoms. The monoisotopic (exact) mass is 341 g/mol. The highest BCUT2D eigenvalue weighted by Crippen LogP contribution is 2.19. The lowest BCUT2D eigenvalue weighted by atomic mass is 10.1. The molecule has 0 aliphatic carbocycles. The van der Waals surface area contributed by atoms with Crippen molar-refractivity contribution in [2.75, 3.05) is 30.3 Å². The van der Waals surface area contributed by atoms with Crippen molar-refractivity contribution in [2.45, 2.75) is 25.5 Å². The van der Waals surface area contributed by atoms with Gasteiger partial charge in [0.1, 0.15) is 5.82 Å². The maximum Gasteiger partial charge on any atom is 0.259 e. The number of rotatable bonds is 7. The molecule has 2 heterocycles. The summed E-state index contributed by atoms with van der Waals surface area (Å²) in [5.74, 6) is 0.847. The van der Waals surface area contributed by atoms with Gasteiger partial charge < -0.3 is 20.7 Å². The summed E-state index contributed by atoms with van der Waals surface area (Å²) in [6.45, 7) is 4.24. The van der Waals surface area contributed by atoms with Crippen LogP contribution in [0.5, 0.6) is 0 Å². The maximum absolute atomic E-state index is 12.5. The van der Waals surface area contributed by atoms with E-state index >= 15 is 0 Å². The Kier molecular flexibility index (Phi) is 5.92. The van der Waals surface area contributed by atoms with E-state index in [2.05, 4.69) is 26.1 Å². The lowest BCUT2D eigenvalue weighted by Crippen LogP contribution is -2.25. The molecule has 0 unspecified atom stereocenters. The van der Waals surface area contributed by atoms with Crippen molar-refractivity contribution in [3.05, 3.63) is 48.0 Å². The number of nitrogens with one attached hydrogen (secondary N) is 3. The van der Waals surface area contributed by atoms with Gasteiger partial charge in [0.2, 0.25) is 0 Å². The second-order valence-electron chi connectivity index (χ2n) is 5.87. The summed E-state index contributed by atoms with van der Waals surface area (Å²) in [4.78, 5) is 12.5. The number of carbonyl (C=O) groups is 1. The van der Waals surface area contributed by atoms with Crippen LogP contribution in [0.1, 0.15) is 25.0 Å². The van der Waals surface area contributed by atoms with Crippen molar-refractivity contribution < 1.29 is 9.53 Å². The molecule has 25 heavy (non-hydrogen) atoms. The molecule has 1 aliphatic heterocycles. The molecule has 0 radical (unpaired) electrons. The highest BCUT2D eigenvalue weighted by molar-refractivity contribution is 5.94. The van der Waals surface area contributed by atoms with E-state index in [0.29, 0.717) is 24.3 Å². The van der Waals surface area contributed by atoms with E-state index in [9.17, 15) is 4.79 Å². The number of ether oxygens (including phenoxy) is 1. The normalized spacial score (nSPS) is 17.9. The standard InChI is InChI=1S/C18H23N5O2/c1-2-25-17(13-6-4-3-5-7-13)18(24)21-16-9-8-15(22-23-16)20-14-10-11-19-12-14/h3-9,14,17,19H,2,10-12H2,1H3,(H,20,22)(H,21,23,24)/t14-,17-/m1/s1. The molecule has 7 heteroatoms. The molecule has 1 aromatic carbocycles. The van der Waals surface area contributed by atoms with Crippen LogP contribution in [0, 0.1) is 0 Å². The lowest BCUT2D eigenvalue weighted by molar-refractivity contribution is -0.127.